The standard InChI is InChI=1S/C30H43NO6Si/c1-8-30(31-23(2)32)22-36-28(35-21-25-14-16-26(33-4)17-15-25)27(29(30,3)37-38(5,6)7)18-19-34-20-24-12-10-9-11-13-24/h8-17,27-28H,1,18-22H2,2-7H3,(H,31,32)/t27-,28+,29-,30-/m0/s1. The molecule has 1 aliphatic heterocycles. The molecule has 2 aromatic rings. The highest BCUT2D eigenvalue weighted by atomic mass is 28.4. The number of carbonyl (C=O) groups is 1. The van der Waals surface area contributed by atoms with E-state index in [-0.39, 0.29) is 18.4 Å². The minimum Gasteiger partial charge on any atom is -0.497 e. The number of amides is 1. The summed E-state index contributed by atoms with van der Waals surface area (Å²) in [6.45, 7) is 15.6. The monoisotopic (exact) mass is 541 g/mol. The van der Waals surface area contributed by atoms with Gasteiger partial charge in [0.25, 0.3) is 0 Å². The van der Waals surface area contributed by atoms with Gasteiger partial charge < -0.3 is 28.7 Å². The van der Waals surface area contributed by atoms with E-state index in [1.807, 2.05) is 54.6 Å². The molecule has 1 aliphatic rings. The third kappa shape index (κ3) is 7.54. The quantitative estimate of drug-likeness (QED) is 0.206. The van der Waals surface area contributed by atoms with Crippen molar-refractivity contribution >= 4 is 14.2 Å². The summed E-state index contributed by atoms with van der Waals surface area (Å²) in [7, 11) is -0.462. The molecule has 3 rings (SSSR count). The second kappa shape index (κ2) is 13.0. The summed E-state index contributed by atoms with van der Waals surface area (Å²) in [5, 5.41) is 3.12. The average Bonchev–Trinajstić information content (AvgIpc) is 2.87. The van der Waals surface area contributed by atoms with Gasteiger partial charge in [-0.1, -0.05) is 48.5 Å². The lowest BCUT2D eigenvalue weighted by Crippen LogP contribution is -2.74. The largest absolute Gasteiger partial charge is 0.497 e. The summed E-state index contributed by atoms with van der Waals surface area (Å²) < 4.78 is 31.0. The van der Waals surface area contributed by atoms with Gasteiger partial charge in [0, 0.05) is 19.4 Å². The fourth-order valence-electron chi connectivity index (χ4n) is 5.10. The summed E-state index contributed by atoms with van der Waals surface area (Å²) in [6, 6.07) is 17.9. The molecule has 1 N–H and O–H groups in total. The van der Waals surface area contributed by atoms with Gasteiger partial charge in [-0.3, -0.25) is 4.79 Å². The molecule has 0 aliphatic carbocycles. The van der Waals surface area contributed by atoms with Gasteiger partial charge in [-0.2, -0.15) is 0 Å². The minimum absolute atomic E-state index is 0.171. The minimum atomic E-state index is -2.11. The van der Waals surface area contributed by atoms with E-state index < -0.39 is 25.7 Å². The topological polar surface area (TPSA) is 75.3 Å². The molecule has 0 saturated carbocycles. The molecule has 8 heteroatoms. The van der Waals surface area contributed by atoms with Crippen LogP contribution in [0.4, 0.5) is 0 Å². The highest BCUT2D eigenvalue weighted by Crippen LogP contribution is 2.45. The Hall–Kier alpha value is -2.49. The summed E-state index contributed by atoms with van der Waals surface area (Å²) in [5.74, 6) is 0.371. The van der Waals surface area contributed by atoms with Gasteiger partial charge in [0.2, 0.25) is 5.91 Å². The van der Waals surface area contributed by atoms with Crippen LogP contribution in [0, 0.1) is 5.92 Å². The fourth-order valence-corrected chi connectivity index (χ4v) is 6.71. The van der Waals surface area contributed by atoms with Crippen LogP contribution in [0.2, 0.25) is 19.6 Å². The number of rotatable bonds is 13. The van der Waals surface area contributed by atoms with Crippen molar-refractivity contribution in [1.82, 2.24) is 5.32 Å². The molecule has 4 atom stereocenters. The molecule has 38 heavy (non-hydrogen) atoms. The van der Waals surface area contributed by atoms with Crippen molar-refractivity contribution in [1.29, 1.82) is 0 Å². The Balaban J connectivity index is 1.87. The van der Waals surface area contributed by atoms with Gasteiger partial charge in [-0.05, 0) is 56.2 Å². The molecule has 0 bridgehead atoms. The van der Waals surface area contributed by atoms with Crippen LogP contribution in [0.3, 0.4) is 0 Å². The zero-order valence-corrected chi connectivity index (χ0v) is 24.6. The van der Waals surface area contributed by atoms with Crippen molar-refractivity contribution in [3.63, 3.8) is 0 Å². The number of hydrogen-bond donors (Lipinski definition) is 1. The molecular formula is C30H43NO6Si. The lowest BCUT2D eigenvalue weighted by Gasteiger charge is -2.58. The highest BCUT2D eigenvalue weighted by molar-refractivity contribution is 6.69. The van der Waals surface area contributed by atoms with E-state index in [1.54, 1.807) is 13.2 Å². The van der Waals surface area contributed by atoms with Crippen molar-refractivity contribution in [2.75, 3.05) is 20.3 Å². The van der Waals surface area contributed by atoms with Crippen molar-refractivity contribution < 1.29 is 28.2 Å². The molecule has 2 aromatic carbocycles. The number of hydrogen-bond acceptors (Lipinski definition) is 6. The predicted molar refractivity (Wildman–Crippen MR) is 151 cm³/mol. The van der Waals surface area contributed by atoms with Crippen molar-refractivity contribution in [2.45, 2.75) is 70.6 Å². The van der Waals surface area contributed by atoms with Gasteiger partial charge >= 0.3 is 0 Å². The van der Waals surface area contributed by atoms with E-state index in [4.69, 9.17) is 23.4 Å². The Labute approximate surface area is 228 Å². The number of ether oxygens (including phenoxy) is 4. The third-order valence-corrected chi connectivity index (χ3v) is 7.96. The van der Waals surface area contributed by atoms with Crippen LogP contribution < -0.4 is 10.1 Å². The zero-order valence-electron chi connectivity index (χ0n) is 23.6. The summed E-state index contributed by atoms with van der Waals surface area (Å²) in [5.41, 5.74) is 0.343. The molecule has 1 fully saturated rings. The first-order valence-corrected chi connectivity index (χ1v) is 16.5. The first kappa shape index (κ1) is 30.1. The van der Waals surface area contributed by atoms with E-state index in [2.05, 4.69) is 38.5 Å². The zero-order chi connectivity index (χ0) is 27.8. The van der Waals surface area contributed by atoms with E-state index in [1.165, 1.54) is 6.92 Å². The Bertz CT molecular complexity index is 1040. The number of benzene rings is 2. The number of methoxy groups -OCH3 is 1. The van der Waals surface area contributed by atoms with Crippen LogP contribution in [-0.4, -0.2) is 52.0 Å². The van der Waals surface area contributed by atoms with Gasteiger partial charge in [0.15, 0.2) is 14.6 Å². The molecular weight excluding hydrogens is 498 g/mol. The molecule has 0 aromatic heterocycles. The normalized spacial score (nSPS) is 25.5. The molecule has 208 valence electrons. The van der Waals surface area contributed by atoms with Gasteiger partial charge in [0.05, 0.1) is 32.5 Å². The Morgan fingerprint density at radius 3 is 2.34 bits per heavy atom. The van der Waals surface area contributed by atoms with E-state index in [0.29, 0.717) is 26.2 Å². The molecule has 7 nitrogen and oxygen atoms in total. The highest BCUT2D eigenvalue weighted by Gasteiger charge is 2.60. The van der Waals surface area contributed by atoms with Gasteiger partial charge in [-0.15, -0.1) is 6.58 Å². The second-order valence-electron chi connectivity index (χ2n) is 10.9. The van der Waals surface area contributed by atoms with E-state index in [0.717, 1.165) is 16.9 Å². The van der Waals surface area contributed by atoms with Crippen molar-refractivity contribution in [3.8, 4) is 5.75 Å². The maximum Gasteiger partial charge on any atom is 0.217 e. The first-order valence-electron chi connectivity index (χ1n) is 13.1. The third-order valence-electron chi connectivity index (χ3n) is 6.92. The van der Waals surface area contributed by atoms with Crippen LogP contribution >= 0.6 is 0 Å². The van der Waals surface area contributed by atoms with Crippen LogP contribution in [0.25, 0.3) is 0 Å². The summed E-state index contributed by atoms with van der Waals surface area (Å²) in [4.78, 5) is 12.4. The van der Waals surface area contributed by atoms with E-state index >= 15 is 0 Å². The molecule has 0 radical (unpaired) electrons. The molecule has 0 unspecified atom stereocenters. The van der Waals surface area contributed by atoms with Crippen LogP contribution in [0.1, 0.15) is 31.4 Å². The van der Waals surface area contributed by atoms with Crippen LogP contribution in [0.5, 0.6) is 5.75 Å². The maximum atomic E-state index is 12.4. The van der Waals surface area contributed by atoms with Gasteiger partial charge in [-0.25, -0.2) is 0 Å². The van der Waals surface area contributed by atoms with Crippen LogP contribution in [-0.2, 0) is 36.6 Å². The Kier molecular flexibility index (Phi) is 10.3. The van der Waals surface area contributed by atoms with Gasteiger partial charge in [0.1, 0.15) is 11.3 Å². The van der Waals surface area contributed by atoms with Crippen LogP contribution in [0.15, 0.2) is 67.3 Å². The number of carbonyl (C=O) groups excluding carboxylic acids is 1. The molecule has 1 amide bonds. The van der Waals surface area contributed by atoms with Crippen molar-refractivity contribution in [3.05, 3.63) is 78.4 Å². The summed E-state index contributed by atoms with van der Waals surface area (Å²) in [6.07, 6.45) is 1.79. The average molecular weight is 542 g/mol. The second-order valence-corrected chi connectivity index (χ2v) is 15.4. The lowest BCUT2D eigenvalue weighted by atomic mass is 9.69. The lowest BCUT2D eigenvalue weighted by molar-refractivity contribution is -0.272. The Morgan fingerprint density at radius 1 is 1.11 bits per heavy atom. The maximum absolute atomic E-state index is 12.4. The van der Waals surface area contributed by atoms with Crippen molar-refractivity contribution in [2.24, 2.45) is 5.92 Å². The SMILES string of the molecule is C=C[C@]1(NC(C)=O)CO[C@@H](OCc2ccc(OC)cc2)[C@H](CCOCc2ccccc2)[C@]1(C)O[Si](C)(C)C. The fraction of sp³-hybridized carbons (Fsp3) is 0.500. The predicted octanol–water partition coefficient (Wildman–Crippen LogP) is 5.46. The Morgan fingerprint density at radius 2 is 1.76 bits per heavy atom. The molecule has 1 heterocycles. The molecule has 1 saturated heterocycles. The summed E-state index contributed by atoms with van der Waals surface area (Å²) >= 11 is 0. The first-order chi connectivity index (χ1) is 18.0. The molecule has 0 spiro atoms. The smallest absolute Gasteiger partial charge is 0.217 e. The van der Waals surface area contributed by atoms with E-state index in [9.17, 15) is 4.79 Å². The number of nitrogens with one attached hydrogen (secondary N) is 1.